The van der Waals surface area contributed by atoms with Gasteiger partial charge in [-0.25, -0.2) is 9.48 Å². The highest BCUT2D eigenvalue weighted by Gasteiger charge is 2.27. The number of nitrogens with one attached hydrogen (secondary N) is 3. The van der Waals surface area contributed by atoms with E-state index in [1.165, 1.54) is 0 Å². The van der Waals surface area contributed by atoms with Crippen molar-refractivity contribution in [1.29, 1.82) is 0 Å². The Morgan fingerprint density at radius 3 is 2.41 bits per heavy atom. The van der Waals surface area contributed by atoms with Gasteiger partial charge in [-0.2, -0.15) is 5.10 Å². The Labute approximate surface area is 171 Å². The Kier molecular flexibility index (Phi) is 6.87. The maximum atomic E-state index is 12.9. The van der Waals surface area contributed by atoms with Crippen molar-refractivity contribution < 1.29 is 9.59 Å². The van der Waals surface area contributed by atoms with Gasteiger partial charge in [-0.3, -0.25) is 4.79 Å². The number of nitrogens with zero attached hydrogens (tertiary/aromatic N) is 3. The quantitative estimate of drug-likeness (QED) is 0.698. The van der Waals surface area contributed by atoms with E-state index in [0.29, 0.717) is 11.5 Å². The molecule has 2 heterocycles. The topological polar surface area (TPSA) is 91.3 Å². The van der Waals surface area contributed by atoms with Crippen molar-refractivity contribution in [2.75, 3.05) is 30.8 Å². The number of amides is 3. The van der Waals surface area contributed by atoms with Gasteiger partial charge in [0.15, 0.2) is 0 Å². The van der Waals surface area contributed by atoms with Gasteiger partial charge in [0, 0.05) is 11.8 Å². The predicted octanol–water partition coefficient (Wildman–Crippen LogP) is 2.93. The first-order valence-electron chi connectivity index (χ1n) is 10.1. The molecule has 1 unspecified atom stereocenters. The Bertz CT molecular complexity index is 812. The average Bonchev–Trinajstić information content (AvgIpc) is 3.15. The lowest BCUT2D eigenvalue weighted by atomic mass is 10.0. The lowest BCUT2D eigenvalue weighted by Crippen LogP contribution is -2.48. The van der Waals surface area contributed by atoms with Gasteiger partial charge in [0.25, 0.3) is 0 Å². The number of hydrogen-bond acceptors (Lipinski definition) is 4. The predicted molar refractivity (Wildman–Crippen MR) is 114 cm³/mol. The number of para-hydroxylation sites is 1. The third-order valence-corrected chi connectivity index (χ3v) is 5.22. The van der Waals surface area contributed by atoms with Crippen LogP contribution in [0.1, 0.15) is 32.7 Å². The molecule has 8 nitrogen and oxygen atoms in total. The maximum Gasteiger partial charge on any atom is 0.319 e. The molecule has 1 saturated heterocycles. The van der Waals surface area contributed by atoms with Crippen LogP contribution < -0.4 is 16.0 Å². The van der Waals surface area contributed by atoms with Gasteiger partial charge in [-0.05, 0) is 51.0 Å². The van der Waals surface area contributed by atoms with Crippen LogP contribution >= 0.6 is 0 Å². The lowest BCUT2D eigenvalue weighted by molar-refractivity contribution is -0.118. The van der Waals surface area contributed by atoms with E-state index in [9.17, 15) is 9.59 Å². The molecule has 29 heavy (non-hydrogen) atoms. The third kappa shape index (κ3) is 5.57. The van der Waals surface area contributed by atoms with Crippen molar-refractivity contribution in [2.24, 2.45) is 5.92 Å². The average molecular weight is 399 g/mol. The number of rotatable bonds is 6. The van der Waals surface area contributed by atoms with Crippen molar-refractivity contribution in [3.8, 4) is 0 Å². The SMILES string of the molecule is CC(C)C(NC(=O)Nc1ccccc1)C(=O)Nc1ccnn1C1CCN(C)CC1. The zero-order valence-electron chi connectivity index (χ0n) is 17.3. The Morgan fingerprint density at radius 2 is 1.76 bits per heavy atom. The van der Waals surface area contributed by atoms with Crippen molar-refractivity contribution in [1.82, 2.24) is 20.0 Å². The zero-order valence-corrected chi connectivity index (χ0v) is 17.3. The molecule has 3 N–H and O–H groups in total. The number of likely N-dealkylation sites (tertiary alicyclic amines) is 1. The van der Waals surface area contributed by atoms with Crippen LogP contribution in [0.25, 0.3) is 0 Å². The molecular formula is C21H30N6O2. The summed E-state index contributed by atoms with van der Waals surface area (Å²) in [5.41, 5.74) is 0.674. The van der Waals surface area contributed by atoms with E-state index in [1.54, 1.807) is 24.4 Å². The summed E-state index contributed by atoms with van der Waals surface area (Å²) in [4.78, 5) is 27.6. The molecule has 0 bridgehead atoms. The Balaban J connectivity index is 1.63. The molecule has 0 radical (unpaired) electrons. The van der Waals surface area contributed by atoms with Crippen LogP contribution in [0.3, 0.4) is 0 Å². The molecule has 0 spiro atoms. The fraction of sp³-hybridized carbons (Fsp3) is 0.476. The molecule has 156 valence electrons. The molecule has 1 aromatic carbocycles. The Hall–Kier alpha value is -2.87. The van der Waals surface area contributed by atoms with Gasteiger partial charge >= 0.3 is 6.03 Å². The second-order valence-corrected chi connectivity index (χ2v) is 7.87. The molecule has 1 aliphatic heterocycles. The van der Waals surface area contributed by atoms with E-state index in [2.05, 4.69) is 33.0 Å². The van der Waals surface area contributed by atoms with E-state index < -0.39 is 12.1 Å². The monoisotopic (exact) mass is 398 g/mol. The van der Waals surface area contributed by atoms with Gasteiger partial charge in [0.05, 0.1) is 12.2 Å². The van der Waals surface area contributed by atoms with Crippen molar-refractivity contribution in [3.05, 3.63) is 42.6 Å². The van der Waals surface area contributed by atoms with Crippen LogP contribution in [-0.2, 0) is 4.79 Å². The summed E-state index contributed by atoms with van der Waals surface area (Å²) in [6.07, 6.45) is 3.69. The highest BCUT2D eigenvalue weighted by Crippen LogP contribution is 2.25. The van der Waals surface area contributed by atoms with Crippen molar-refractivity contribution in [3.63, 3.8) is 0 Å². The van der Waals surface area contributed by atoms with Crippen LogP contribution in [0.5, 0.6) is 0 Å². The van der Waals surface area contributed by atoms with Crippen LogP contribution in [0, 0.1) is 5.92 Å². The van der Waals surface area contributed by atoms with Gasteiger partial charge < -0.3 is 20.9 Å². The molecule has 0 aliphatic carbocycles. The van der Waals surface area contributed by atoms with Gasteiger partial charge in [0.2, 0.25) is 5.91 Å². The molecule has 3 amide bonds. The number of carbonyl (C=O) groups excluding carboxylic acids is 2. The standard InChI is InChI=1S/C21H30N6O2/c1-15(2)19(25-21(29)23-16-7-5-4-6-8-16)20(28)24-18-9-12-22-27(18)17-10-13-26(3)14-11-17/h4-9,12,15,17,19H,10-11,13-14H2,1-3H3,(H,24,28)(H2,23,25,29). The molecule has 1 atom stereocenters. The van der Waals surface area contributed by atoms with Gasteiger partial charge in [-0.15, -0.1) is 0 Å². The molecule has 1 aromatic heterocycles. The smallest absolute Gasteiger partial charge is 0.319 e. The first-order chi connectivity index (χ1) is 13.9. The normalized spacial score (nSPS) is 16.4. The minimum atomic E-state index is -0.667. The minimum absolute atomic E-state index is 0.0729. The molecule has 2 aromatic rings. The van der Waals surface area contributed by atoms with Gasteiger partial charge in [0.1, 0.15) is 11.9 Å². The number of urea groups is 1. The van der Waals surface area contributed by atoms with Crippen LogP contribution in [-0.4, -0.2) is 52.8 Å². The summed E-state index contributed by atoms with van der Waals surface area (Å²) in [6, 6.07) is 10.1. The minimum Gasteiger partial charge on any atom is -0.326 e. The fourth-order valence-corrected chi connectivity index (χ4v) is 3.51. The summed E-state index contributed by atoms with van der Waals surface area (Å²) in [5, 5.41) is 12.9. The molecule has 1 fully saturated rings. The summed E-state index contributed by atoms with van der Waals surface area (Å²) < 4.78 is 1.90. The summed E-state index contributed by atoms with van der Waals surface area (Å²) in [5.74, 6) is 0.342. The highest BCUT2D eigenvalue weighted by molar-refractivity contribution is 5.98. The lowest BCUT2D eigenvalue weighted by Gasteiger charge is -2.30. The van der Waals surface area contributed by atoms with Crippen molar-refractivity contribution >= 4 is 23.4 Å². The van der Waals surface area contributed by atoms with Crippen LogP contribution in [0.4, 0.5) is 16.3 Å². The maximum absolute atomic E-state index is 12.9. The highest BCUT2D eigenvalue weighted by atomic mass is 16.2. The third-order valence-electron chi connectivity index (χ3n) is 5.22. The van der Waals surface area contributed by atoms with E-state index in [-0.39, 0.29) is 17.9 Å². The molecule has 8 heteroatoms. The first-order valence-corrected chi connectivity index (χ1v) is 10.1. The number of piperidine rings is 1. The number of hydrogen-bond donors (Lipinski definition) is 3. The first kappa shape index (κ1) is 20.9. The zero-order chi connectivity index (χ0) is 20.8. The largest absolute Gasteiger partial charge is 0.326 e. The second kappa shape index (κ2) is 9.56. The van der Waals surface area contributed by atoms with E-state index in [1.807, 2.05) is 36.7 Å². The number of anilines is 2. The Morgan fingerprint density at radius 1 is 1.07 bits per heavy atom. The van der Waals surface area contributed by atoms with Crippen LogP contribution in [0.2, 0.25) is 0 Å². The fourth-order valence-electron chi connectivity index (χ4n) is 3.51. The summed E-state index contributed by atoms with van der Waals surface area (Å²) in [7, 11) is 2.11. The summed E-state index contributed by atoms with van der Waals surface area (Å²) >= 11 is 0. The van der Waals surface area contributed by atoms with Crippen molar-refractivity contribution in [2.45, 2.75) is 38.8 Å². The van der Waals surface area contributed by atoms with E-state index in [0.717, 1.165) is 25.9 Å². The molecule has 0 saturated carbocycles. The second-order valence-electron chi connectivity index (χ2n) is 7.87. The number of carbonyl (C=O) groups is 2. The molecule has 3 rings (SSSR count). The number of aromatic nitrogens is 2. The summed E-state index contributed by atoms with van der Waals surface area (Å²) in [6.45, 7) is 5.82. The molecule has 1 aliphatic rings. The molecular weight excluding hydrogens is 368 g/mol. The number of benzene rings is 1. The van der Waals surface area contributed by atoms with E-state index in [4.69, 9.17) is 0 Å². The van der Waals surface area contributed by atoms with Crippen LogP contribution in [0.15, 0.2) is 42.6 Å². The van der Waals surface area contributed by atoms with Gasteiger partial charge in [-0.1, -0.05) is 32.0 Å². The van der Waals surface area contributed by atoms with E-state index >= 15 is 0 Å².